The second-order valence-corrected chi connectivity index (χ2v) is 20.0. The van der Waals surface area contributed by atoms with E-state index in [1.807, 2.05) is 0 Å². The first-order valence-electron chi connectivity index (χ1n) is 22.1. The Hall–Kier alpha value is -5.02. The Kier molecular flexibility index (Phi) is 4.99. The highest BCUT2D eigenvalue weighted by Crippen LogP contribution is 2.67. The Bertz CT molecular complexity index is 3050. The van der Waals surface area contributed by atoms with Gasteiger partial charge in [0, 0.05) is 44.8 Å². The molecule has 0 radical (unpaired) electrons. The highest BCUT2D eigenvalue weighted by molar-refractivity contribution is 6.30. The van der Waals surface area contributed by atoms with E-state index in [4.69, 9.17) is 9.97 Å². The maximum Gasteiger partial charge on any atom is 0.0728 e. The Morgan fingerprint density at radius 2 is 0.929 bits per heavy atom. The first kappa shape index (κ1) is 29.3. The van der Waals surface area contributed by atoms with Crippen LogP contribution in [0, 0.1) is 23.7 Å². The van der Waals surface area contributed by atoms with Crippen LogP contribution in [0.2, 0.25) is 0 Å². The summed E-state index contributed by atoms with van der Waals surface area (Å²) in [5, 5.41) is 6.06. The summed E-state index contributed by atoms with van der Waals surface area (Å²) >= 11 is 0. The largest absolute Gasteiger partial charge is 0.305 e. The lowest BCUT2D eigenvalue weighted by atomic mass is 9.67. The van der Waals surface area contributed by atoms with Crippen molar-refractivity contribution in [3.63, 3.8) is 0 Å². The van der Waals surface area contributed by atoms with Crippen molar-refractivity contribution in [2.24, 2.45) is 23.7 Å². The molecule has 8 aromatic rings. The van der Waals surface area contributed by atoms with Gasteiger partial charge in [-0.25, -0.2) is 0 Å². The summed E-state index contributed by atoms with van der Waals surface area (Å²) in [5.41, 5.74) is 21.5. The molecule has 8 bridgehead atoms. The molecule has 4 saturated carbocycles. The third-order valence-corrected chi connectivity index (χ3v) is 17.6. The van der Waals surface area contributed by atoms with Crippen LogP contribution in [0.3, 0.4) is 0 Å². The molecule has 10 aliphatic carbocycles. The summed E-state index contributed by atoms with van der Waals surface area (Å²) in [6.45, 7) is 0. The zero-order chi connectivity index (χ0) is 35.8. The number of pyridine rings is 2. The SMILES string of the molecule is c1ccc2c(c1)-c1ccccc1C21c2ccccc2-c2c1cc1c3c4c(ncc3n3c5cnc6c(c5c2c13)C1CC2CC(CC6C2)C1)C1CC2CC(C1)CC4C2. The van der Waals surface area contributed by atoms with Crippen molar-refractivity contribution in [3.05, 3.63) is 136 Å². The van der Waals surface area contributed by atoms with Crippen molar-refractivity contribution in [3.8, 4) is 22.3 Å². The topological polar surface area (TPSA) is 30.2 Å². The van der Waals surface area contributed by atoms with Gasteiger partial charge in [0.05, 0.1) is 34.4 Å². The molecule has 18 rings (SSSR count). The van der Waals surface area contributed by atoms with Gasteiger partial charge in [0.2, 0.25) is 0 Å². The molecule has 4 atom stereocenters. The van der Waals surface area contributed by atoms with Gasteiger partial charge in [-0.3, -0.25) is 9.97 Å². The average Bonchev–Trinajstić information content (AvgIpc) is 3.85. The normalized spacial score (nSPS) is 30.3. The van der Waals surface area contributed by atoms with Crippen LogP contribution in [0.15, 0.2) is 91.3 Å². The molecular weight excluding hydrogens is 679 g/mol. The Labute approximate surface area is 326 Å². The van der Waals surface area contributed by atoms with Crippen LogP contribution in [0.4, 0.5) is 0 Å². The number of hydrogen-bond donors (Lipinski definition) is 0. The quantitative estimate of drug-likeness (QED) is 0.156. The van der Waals surface area contributed by atoms with Gasteiger partial charge in [0.1, 0.15) is 0 Å². The number of hydrogen-bond acceptors (Lipinski definition) is 2. The lowest BCUT2D eigenvalue weighted by Crippen LogP contribution is -2.25. The zero-order valence-electron chi connectivity index (χ0n) is 31.7. The van der Waals surface area contributed by atoms with Gasteiger partial charge in [-0.2, -0.15) is 0 Å². The summed E-state index contributed by atoms with van der Waals surface area (Å²) in [6, 6.07) is 31.1. The van der Waals surface area contributed by atoms with Crippen LogP contribution in [-0.2, 0) is 5.41 Å². The molecule has 4 aromatic carbocycles. The third kappa shape index (κ3) is 3.12. The van der Waals surface area contributed by atoms with E-state index in [-0.39, 0.29) is 5.41 Å². The maximum atomic E-state index is 5.60. The molecular formula is C53H43N3. The van der Waals surface area contributed by atoms with E-state index in [0.29, 0.717) is 23.7 Å². The number of aromatic nitrogens is 3. The molecule has 4 unspecified atom stereocenters. The standard InChI is InChI=1S/C53H43N3/c1-4-10-38-34(7-1)35-8-2-5-11-39(35)53(38)40-12-6-3-9-36(40)46-41(53)23-37-47-42(24-54-50-32-19-26-13-27(20-32)16-30(15-26)44(47)50)56-43-25-55-51-33-21-28-14-29(22-33)18-31(17-28)45(51)48(43)49(46)52(37)56/h1-12,23-33H,13-22H2. The molecule has 270 valence electrons. The van der Waals surface area contributed by atoms with E-state index >= 15 is 0 Å². The fourth-order valence-corrected chi connectivity index (χ4v) is 16.3. The molecule has 1 spiro atoms. The summed E-state index contributed by atoms with van der Waals surface area (Å²) in [4.78, 5) is 11.2. The predicted molar refractivity (Wildman–Crippen MR) is 224 cm³/mol. The van der Waals surface area contributed by atoms with E-state index in [9.17, 15) is 0 Å². The van der Waals surface area contributed by atoms with Gasteiger partial charge in [-0.1, -0.05) is 72.8 Å². The van der Waals surface area contributed by atoms with E-state index in [1.54, 1.807) is 11.1 Å². The monoisotopic (exact) mass is 721 g/mol. The minimum atomic E-state index is -0.371. The first-order valence-corrected chi connectivity index (χ1v) is 22.1. The molecule has 4 heterocycles. The fourth-order valence-electron chi connectivity index (χ4n) is 16.3. The smallest absolute Gasteiger partial charge is 0.0728 e. The van der Waals surface area contributed by atoms with Gasteiger partial charge >= 0.3 is 0 Å². The van der Waals surface area contributed by atoms with Crippen LogP contribution in [0.5, 0.6) is 0 Å². The summed E-state index contributed by atoms with van der Waals surface area (Å²) in [5.74, 6) is 5.85. The molecule has 0 saturated heterocycles. The number of rotatable bonds is 0. The molecule has 0 N–H and O–H groups in total. The van der Waals surface area contributed by atoms with Crippen molar-refractivity contribution in [1.29, 1.82) is 0 Å². The van der Waals surface area contributed by atoms with Crippen LogP contribution >= 0.6 is 0 Å². The number of nitrogens with zero attached hydrogens (tertiary/aromatic N) is 3. The lowest BCUT2D eigenvalue weighted by Gasteiger charge is -2.38. The van der Waals surface area contributed by atoms with Crippen molar-refractivity contribution in [1.82, 2.24) is 14.4 Å². The molecule has 3 nitrogen and oxygen atoms in total. The summed E-state index contributed by atoms with van der Waals surface area (Å²) in [6.07, 6.45) is 18.3. The Balaban J connectivity index is 1.15. The lowest BCUT2D eigenvalue weighted by molar-refractivity contribution is 0.165. The molecule has 0 amide bonds. The van der Waals surface area contributed by atoms with Crippen molar-refractivity contribution >= 4 is 38.1 Å². The molecule has 56 heavy (non-hydrogen) atoms. The first-order chi connectivity index (χ1) is 27.7. The van der Waals surface area contributed by atoms with Crippen LogP contribution in [0.25, 0.3) is 60.3 Å². The second kappa shape index (κ2) is 9.56. The van der Waals surface area contributed by atoms with E-state index in [0.717, 1.165) is 23.7 Å². The van der Waals surface area contributed by atoms with Gasteiger partial charge in [0.25, 0.3) is 0 Å². The summed E-state index contributed by atoms with van der Waals surface area (Å²) in [7, 11) is 0. The number of benzene rings is 4. The summed E-state index contributed by atoms with van der Waals surface area (Å²) < 4.78 is 2.70. The Morgan fingerprint density at radius 1 is 0.464 bits per heavy atom. The van der Waals surface area contributed by atoms with E-state index in [1.165, 1.54) is 158 Å². The minimum absolute atomic E-state index is 0.371. The highest BCUT2D eigenvalue weighted by Gasteiger charge is 2.54. The van der Waals surface area contributed by atoms with E-state index < -0.39 is 0 Å². The van der Waals surface area contributed by atoms with Crippen molar-refractivity contribution in [2.75, 3.05) is 0 Å². The van der Waals surface area contributed by atoms with Crippen LogP contribution in [0.1, 0.15) is 133 Å². The second-order valence-electron chi connectivity index (χ2n) is 20.0. The molecule has 10 aliphatic rings. The third-order valence-electron chi connectivity index (χ3n) is 17.6. The van der Waals surface area contributed by atoms with E-state index in [2.05, 4.69) is 95.7 Å². The number of fused-ring (bicyclic) bond motifs is 17. The Morgan fingerprint density at radius 3 is 1.50 bits per heavy atom. The van der Waals surface area contributed by atoms with Crippen LogP contribution in [-0.4, -0.2) is 14.4 Å². The maximum absolute atomic E-state index is 5.60. The van der Waals surface area contributed by atoms with Crippen molar-refractivity contribution < 1.29 is 0 Å². The van der Waals surface area contributed by atoms with Gasteiger partial charge in [0.15, 0.2) is 0 Å². The van der Waals surface area contributed by atoms with Gasteiger partial charge in [-0.05, 0) is 161 Å². The average molecular weight is 722 g/mol. The zero-order valence-corrected chi connectivity index (χ0v) is 31.7. The molecule has 4 fully saturated rings. The highest BCUT2D eigenvalue weighted by atomic mass is 15.0. The fraction of sp³-hybridized carbons (Fsp3) is 0.358. The molecule has 3 heteroatoms. The van der Waals surface area contributed by atoms with Gasteiger partial charge < -0.3 is 4.40 Å². The van der Waals surface area contributed by atoms with Crippen LogP contribution < -0.4 is 0 Å². The van der Waals surface area contributed by atoms with Gasteiger partial charge in [-0.15, -0.1) is 0 Å². The molecule has 4 aromatic heterocycles. The van der Waals surface area contributed by atoms with Crippen molar-refractivity contribution in [2.45, 2.75) is 93.3 Å². The predicted octanol–water partition coefficient (Wildman–Crippen LogP) is 12.8. The minimum Gasteiger partial charge on any atom is -0.305 e. The molecule has 0 aliphatic heterocycles.